The first kappa shape index (κ1) is 27.3. The summed E-state index contributed by atoms with van der Waals surface area (Å²) in [5.41, 5.74) is -0.964. The average molecular weight is 532 g/mol. The summed E-state index contributed by atoms with van der Waals surface area (Å²) in [5, 5.41) is 29.1. The molecule has 34 heavy (non-hydrogen) atoms. The lowest BCUT2D eigenvalue weighted by Crippen LogP contribution is -2.37. The van der Waals surface area contributed by atoms with Crippen LogP contribution < -0.4 is 11.2 Å². The largest absolute Gasteiger partial charge is 0.483 e. The standard InChI is InChI=1S/C16H26N2O14P2/c1-7-5-18(16(23)17-14(7)22)10-4-3-9(29-10)6-28-33(24,25)32-34(26,27)31-15-12(21)11(20)13(30-15)8(2)19/h5,8-13,15,19-21H,3-4,6H2,1-2H3,(H,24,25)(H,26,27)(H,17,22,23)/t8?,9-,10+,11+,12+,13-,15-/m0/s1. The number of rotatable bonds is 9. The van der Waals surface area contributed by atoms with Gasteiger partial charge in [0.15, 0.2) is 6.29 Å². The second-order valence-electron chi connectivity index (χ2n) is 7.88. The van der Waals surface area contributed by atoms with E-state index in [4.69, 9.17) is 14.0 Å². The molecule has 0 saturated carbocycles. The highest BCUT2D eigenvalue weighted by atomic mass is 31.3. The molecule has 2 fully saturated rings. The monoisotopic (exact) mass is 532 g/mol. The van der Waals surface area contributed by atoms with Gasteiger partial charge < -0.3 is 34.6 Å². The van der Waals surface area contributed by atoms with E-state index < -0.39 is 76.5 Å². The summed E-state index contributed by atoms with van der Waals surface area (Å²) in [4.78, 5) is 45.1. The molecule has 2 aliphatic heterocycles. The van der Waals surface area contributed by atoms with Crippen LogP contribution in [0.25, 0.3) is 0 Å². The Kier molecular flexibility index (Phi) is 8.35. The van der Waals surface area contributed by atoms with Gasteiger partial charge in [0.1, 0.15) is 24.5 Å². The van der Waals surface area contributed by atoms with Crippen molar-refractivity contribution < 1.29 is 57.1 Å². The molecule has 3 rings (SSSR count). The van der Waals surface area contributed by atoms with Gasteiger partial charge in [0.25, 0.3) is 5.56 Å². The zero-order valence-corrected chi connectivity index (χ0v) is 19.8. The highest BCUT2D eigenvalue weighted by Gasteiger charge is 2.49. The molecule has 16 nitrogen and oxygen atoms in total. The third-order valence-electron chi connectivity index (χ3n) is 5.14. The maximum Gasteiger partial charge on any atom is 0.483 e. The van der Waals surface area contributed by atoms with Gasteiger partial charge >= 0.3 is 21.3 Å². The third-order valence-corrected chi connectivity index (χ3v) is 7.74. The molecule has 194 valence electrons. The lowest BCUT2D eigenvalue weighted by atomic mass is 10.1. The minimum atomic E-state index is -5.36. The molecule has 0 radical (unpaired) electrons. The van der Waals surface area contributed by atoms with Crippen LogP contribution in [0, 0.1) is 6.92 Å². The van der Waals surface area contributed by atoms with Gasteiger partial charge in [0.05, 0.1) is 18.8 Å². The van der Waals surface area contributed by atoms with Crippen LogP contribution >= 0.6 is 15.6 Å². The maximum atomic E-state index is 12.1. The van der Waals surface area contributed by atoms with Crippen molar-refractivity contribution >= 4 is 15.6 Å². The summed E-state index contributed by atoms with van der Waals surface area (Å²) >= 11 is 0. The van der Waals surface area contributed by atoms with Gasteiger partial charge in [-0.3, -0.25) is 23.4 Å². The van der Waals surface area contributed by atoms with E-state index >= 15 is 0 Å². The van der Waals surface area contributed by atoms with Crippen molar-refractivity contribution in [2.75, 3.05) is 6.61 Å². The summed E-state index contributed by atoms with van der Waals surface area (Å²) in [5.74, 6) is 0. The molecule has 3 heterocycles. The molecule has 3 unspecified atom stereocenters. The van der Waals surface area contributed by atoms with Crippen LogP contribution in [0.5, 0.6) is 0 Å². The van der Waals surface area contributed by atoms with Crippen LogP contribution in [0.1, 0.15) is 31.6 Å². The molecular formula is C16H26N2O14P2. The fourth-order valence-electron chi connectivity index (χ4n) is 3.45. The van der Waals surface area contributed by atoms with Gasteiger partial charge in [-0.2, -0.15) is 4.31 Å². The fraction of sp³-hybridized carbons (Fsp3) is 0.750. The number of hydrogen-bond acceptors (Lipinski definition) is 12. The normalized spacial score (nSPS) is 34.0. The molecule has 2 aliphatic rings. The minimum Gasteiger partial charge on any atom is -0.391 e. The molecule has 0 aromatic carbocycles. The molecule has 0 spiro atoms. The van der Waals surface area contributed by atoms with Crippen molar-refractivity contribution in [2.24, 2.45) is 0 Å². The number of H-pyrrole nitrogens is 1. The number of nitrogens with zero attached hydrogens (tertiary/aromatic N) is 1. The Morgan fingerprint density at radius 2 is 1.85 bits per heavy atom. The molecular weight excluding hydrogens is 506 g/mol. The number of aliphatic hydroxyl groups excluding tert-OH is 3. The van der Waals surface area contributed by atoms with Crippen LogP contribution in [0.15, 0.2) is 15.8 Å². The summed E-state index contributed by atoms with van der Waals surface area (Å²) in [6, 6.07) is 0. The van der Waals surface area contributed by atoms with E-state index in [1.54, 1.807) is 0 Å². The lowest BCUT2D eigenvalue weighted by molar-refractivity contribution is -0.136. The van der Waals surface area contributed by atoms with Crippen LogP contribution in [0.4, 0.5) is 0 Å². The molecule has 2 saturated heterocycles. The number of nitrogens with one attached hydrogen (secondary N) is 1. The SMILES string of the molecule is Cc1cn([C@H]2CC[C@@H](COP(=O)(O)OP(=O)(O)O[C@@H]3O[C@@H](C(C)O)[C@H](O)[C@H]3O)O2)c(=O)[nH]c1=O. The predicted molar refractivity (Wildman–Crippen MR) is 109 cm³/mol. The summed E-state index contributed by atoms with van der Waals surface area (Å²) in [7, 11) is -10.5. The Morgan fingerprint density at radius 1 is 1.18 bits per heavy atom. The van der Waals surface area contributed by atoms with Gasteiger partial charge in [-0.05, 0) is 26.7 Å². The zero-order valence-electron chi connectivity index (χ0n) is 18.0. The van der Waals surface area contributed by atoms with Crippen LogP contribution in [0.2, 0.25) is 0 Å². The van der Waals surface area contributed by atoms with Gasteiger partial charge in [-0.25, -0.2) is 13.9 Å². The van der Waals surface area contributed by atoms with Gasteiger partial charge in [-0.1, -0.05) is 0 Å². The number of aryl methyl sites for hydroxylation is 1. The topological polar surface area (TPSA) is 236 Å². The van der Waals surface area contributed by atoms with Gasteiger partial charge in [0.2, 0.25) is 0 Å². The van der Waals surface area contributed by atoms with Crippen LogP contribution in [-0.4, -0.2) is 78.1 Å². The number of aromatic amines is 1. The second-order valence-corrected chi connectivity index (χ2v) is 10.9. The van der Waals surface area contributed by atoms with Crippen molar-refractivity contribution in [1.82, 2.24) is 9.55 Å². The molecule has 1 aromatic heterocycles. The fourth-order valence-corrected chi connectivity index (χ4v) is 5.63. The molecule has 1 aromatic rings. The number of aliphatic hydroxyl groups is 3. The van der Waals surface area contributed by atoms with E-state index in [9.17, 15) is 43.8 Å². The Bertz CT molecular complexity index is 1090. The smallest absolute Gasteiger partial charge is 0.391 e. The van der Waals surface area contributed by atoms with Crippen LogP contribution in [-0.2, 0) is 32.0 Å². The van der Waals surface area contributed by atoms with E-state index in [0.717, 1.165) is 4.57 Å². The second kappa shape index (κ2) is 10.4. The Hall–Kier alpha value is -1.26. The maximum absolute atomic E-state index is 12.1. The molecule has 18 heteroatoms. The van der Waals surface area contributed by atoms with E-state index in [0.29, 0.717) is 6.42 Å². The number of ether oxygens (including phenoxy) is 2. The number of phosphoric ester groups is 2. The van der Waals surface area contributed by atoms with Crippen molar-refractivity contribution in [3.05, 3.63) is 32.6 Å². The zero-order chi connectivity index (χ0) is 25.4. The number of hydrogen-bond donors (Lipinski definition) is 6. The molecule has 0 aliphatic carbocycles. The lowest BCUT2D eigenvalue weighted by Gasteiger charge is -2.21. The van der Waals surface area contributed by atoms with E-state index in [1.165, 1.54) is 20.0 Å². The van der Waals surface area contributed by atoms with E-state index in [-0.39, 0.29) is 12.0 Å². The molecule has 6 N–H and O–H groups in total. The first-order chi connectivity index (χ1) is 15.7. The summed E-state index contributed by atoms with van der Waals surface area (Å²) < 4.78 is 49.3. The Balaban J connectivity index is 1.54. The van der Waals surface area contributed by atoms with Crippen molar-refractivity contribution in [2.45, 2.75) is 69.7 Å². The van der Waals surface area contributed by atoms with Gasteiger partial charge in [-0.15, -0.1) is 0 Å². The molecule has 9 atom stereocenters. The number of aromatic nitrogens is 2. The molecule has 0 bridgehead atoms. The summed E-state index contributed by atoms with van der Waals surface area (Å²) in [6.07, 6.45) is -7.74. The predicted octanol–water partition coefficient (Wildman–Crippen LogP) is -1.40. The minimum absolute atomic E-state index is 0.276. The Morgan fingerprint density at radius 3 is 2.47 bits per heavy atom. The van der Waals surface area contributed by atoms with E-state index in [1.807, 2.05) is 0 Å². The Labute approximate surface area is 191 Å². The molecule has 0 amide bonds. The van der Waals surface area contributed by atoms with Crippen molar-refractivity contribution in [3.8, 4) is 0 Å². The number of phosphoric acid groups is 2. The first-order valence-corrected chi connectivity index (χ1v) is 13.1. The highest BCUT2D eigenvalue weighted by molar-refractivity contribution is 7.61. The van der Waals surface area contributed by atoms with Crippen LogP contribution in [0.3, 0.4) is 0 Å². The quantitative estimate of drug-likeness (QED) is 0.201. The van der Waals surface area contributed by atoms with Crippen molar-refractivity contribution in [1.29, 1.82) is 0 Å². The van der Waals surface area contributed by atoms with Crippen molar-refractivity contribution in [3.63, 3.8) is 0 Å². The average Bonchev–Trinajstić information content (AvgIpc) is 3.28. The third kappa shape index (κ3) is 6.49. The first-order valence-electron chi connectivity index (χ1n) is 10.1. The van der Waals surface area contributed by atoms with Gasteiger partial charge in [0, 0.05) is 11.8 Å². The van der Waals surface area contributed by atoms with E-state index in [2.05, 4.69) is 13.8 Å². The summed E-state index contributed by atoms with van der Waals surface area (Å²) in [6.45, 7) is 2.17. The highest BCUT2D eigenvalue weighted by Crippen LogP contribution is 2.61.